The molecule has 6 nitrogen and oxygen atoms in total. The molecule has 1 saturated carbocycles. The predicted octanol–water partition coefficient (Wildman–Crippen LogP) is 4.52. The monoisotopic (exact) mass is 402 g/mol. The number of likely N-dealkylation sites (tertiary alicyclic amines) is 1. The van der Waals surface area contributed by atoms with Gasteiger partial charge in [0.1, 0.15) is 0 Å². The molecule has 0 unspecified atom stereocenters. The minimum Gasteiger partial charge on any atom is -0.381 e. The zero-order valence-corrected chi connectivity index (χ0v) is 17.3. The fourth-order valence-corrected chi connectivity index (χ4v) is 5.22. The Hall–Kier alpha value is -1.81. The second-order valence-electron chi connectivity index (χ2n) is 8.38. The number of aromatic nitrogens is 2. The van der Waals surface area contributed by atoms with Crippen LogP contribution in [0.4, 0.5) is 5.69 Å². The highest BCUT2D eigenvalue weighted by atomic mass is 35.5. The van der Waals surface area contributed by atoms with Gasteiger partial charge in [0.2, 0.25) is 5.69 Å². The highest BCUT2D eigenvalue weighted by Crippen LogP contribution is 2.38. The minimum atomic E-state index is -0.113. The third kappa shape index (κ3) is 3.36. The zero-order chi connectivity index (χ0) is 19.9. The van der Waals surface area contributed by atoms with Crippen LogP contribution in [0.3, 0.4) is 0 Å². The van der Waals surface area contributed by atoms with Crippen LogP contribution in [0.15, 0.2) is 16.9 Å². The lowest BCUT2D eigenvalue weighted by Gasteiger charge is -2.48. The van der Waals surface area contributed by atoms with Crippen LogP contribution in [0.1, 0.15) is 51.5 Å². The molecule has 1 aliphatic heterocycles. The van der Waals surface area contributed by atoms with Gasteiger partial charge in [-0.05, 0) is 57.6 Å². The molecule has 2 fully saturated rings. The lowest BCUT2D eigenvalue weighted by molar-refractivity contribution is -0.0146. The molecule has 4 rings (SSSR count). The van der Waals surface area contributed by atoms with Gasteiger partial charge in [0.25, 0.3) is 0 Å². The molecule has 0 radical (unpaired) electrons. The average molecular weight is 403 g/mol. The zero-order valence-electron chi connectivity index (χ0n) is 16.5. The van der Waals surface area contributed by atoms with Crippen LogP contribution in [0.5, 0.6) is 0 Å². The van der Waals surface area contributed by atoms with E-state index in [-0.39, 0.29) is 17.3 Å². The summed E-state index contributed by atoms with van der Waals surface area (Å²) < 4.78 is 7.36. The standard InChI is InChI=1S/C21H27ClN4O2/c1-21(8-4-15(28-3)5-9-21)25-10-6-14(7-11-25)26-19-13-17(23-2)16(22)12-18(19)24-20(26)27/h12-15H,4-11H2,1,3H3,(H,24,27)/t15-,21-. The van der Waals surface area contributed by atoms with E-state index in [9.17, 15) is 4.79 Å². The van der Waals surface area contributed by atoms with Gasteiger partial charge in [-0.1, -0.05) is 11.6 Å². The van der Waals surface area contributed by atoms with Crippen molar-refractivity contribution in [3.63, 3.8) is 0 Å². The molecule has 1 saturated heterocycles. The summed E-state index contributed by atoms with van der Waals surface area (Å²) in [7, 11) is 1.81. The quantitative estimate of drug-likeness (QED) is 0.768. The number of nitrogens with one attached hydrogen (secondary N) is 1. The molecule has 150 valence electrons. The van der Waals surface area contributed by atoms with Gasteiger partial charge in [0.15, 0.2) is 0 Å². The summed E-state index contributed by atoms with van der Waals surface area (Å²) in [5.41, 5.74) is 2.00. The topological polar surface area (TPSA) is 54.6 Å². The van der Waals surface area contributed by atoms with Crippen molar-refractivity contribution in [3.8, 4) is 0 Å². The van der Waals surface area contributed by atoms with Crippen molar-refractivity contribution >= 4 is 28.3 Å². The number of aromatic amines is 1. The number of nitrogens with zero attached hydrogens (tertiary/aromatic N) is 3. The summed E-state index contributed by atoms with van der Waals surface area (Å²) in [6.07, 6.45) is 6.84. The van der Waals surface area contributed by atoms with Crippen molar-refractivity contribution in [3.05, 3.63) is 39.1 Å². The van der Waals surface area contributed by atoms with E-state index in [0.29, 0.717) is 22.3 Å². The van der Waals surface area contributed by atoms with E-state index in [2.05, 4.69) is 21.7 Å². The number of methoxy groups -OCH3 is 1. The fraction of sp³-hybridized carbons (Fsp3) is 0.619. The van der Waals surface area contributed by atoms with Crippen molar-refractivity contribution in [2.45, 2.75) is 63.1 Å². The van der Waals surface area contributed by atoms with Gasteiger partial charge in [-0.3, -0.25) is 9.47 Å². The normalized spacial score (nSPS) is 27.1. The molecule has 0 bridgehead atoms. The molecule has 0 spiro atoms. The van der Waals surface area contributed by atoms with Gasteiger partial charge in [-0.2, -0.15) is 0 Å². The molecule has 7 heteroatoms. The smallest absolute Gasteiger partial charge is 0.326 e. The third-order valence-corrected chi connectivity index (χ3v) is 7.14. The largest absolute Gasteiger partial charge is 0.381 e. The number of hydrogen-bond acceptors (Lipinski definition) is 3. The Morgan fingerprint density at radius 3 is 2.54 bits per heavy atom. The van der Waals surface area contributed by atoms with Crippen molar-refractivity contribution in [1.82, 2.24) is 14.5 Å². The molecule has 1 aromatic carbocycles. The molecule has 0 amide bonds. The van der Waals surface area contributed by atoms with Gasteiger partial charge in [-0.15, -0.1) is 0 Å². The molecular weight excluding hydrogens is 376 g/mol. The summed E-state index contributed by atoms with van der Waals surface area (Å²) in [5.74, 6) is 0. The fourth-order valence-electron chi connectivity index (χ4n) is 5.01. The molecule has 28 heavy (non-hydrogen) atoms. The summed E-state index contributed by atoms with van der Waals surface area (Å²) in [5, 5.41) is 0.380. The van der Waals surface area contributed by atoms with Crippen LogP contribution in [-0.2, 0) is 4.74 Å². The molecule has 2 heterocycles. The van der Waals surface area contributed by atoms with Crippen LogP contribution < -0.4 is 5.69 Å². The van der Waals surface area contributed by atoms with Crippen molar-refractivity contribution in [2.75, 3.05) is 20.2 Å². The van der Waals surface area contributed by atoms with E-state index in [4.69, 9.17) is 22.9 Å². The Kier molecular flexibility index (Phi) is 5.26. The van der Waals surface area contributed by atoms with Gasteiger partial charge < -0.3 is 9.72 Å². The van der Waals surface area contributed by atoms with E-state index in [1.54, 1.807) is 12.1 Å². The first-order valence-corrected chi connectivity index (χ1v) is 10.4. The number of piperidine rings is 1. The molecule has 1 aliphatic carbocycles. The van der Waals surface area contributed by atoms with E-state index >= 15 is 0 Å². The van der Waals surface area contributed by atoms with Crippen molar-refractivity contribution in [1.29, 1.82) is 0 Å². The SMILES string of the molecule is [C-]#[N+]c1cc2c(cc1Cl)[nH]c(=O)n2C1CCN([C@]2(C)CC[C@@H](OC)CC2)CC1. The summed E-state index contributed by atoms with van der Waals surface area (Å²) in [4.78, 5) is 21.6. The first-order chi connectivity index (χ1) is 13.4. The summed E-state index contributed by atoms with van der Waals surface area (Å²) in [6.45, 7) is 11.6. The van der Waals surface area contributed by atoms with Crippen LogP contribution >= 0.6 is 11.6 Å². The first-order valence-electron chi connectivity index (χ1n) is 10.0. The van der Waals surface area contributed by atoms with Gasteiger partial charge in [0.05, 0.1) is 23.7 Å². The van der Waals surface area contributed by atoms with Crippen molar-refractivity contribution in [2.24, 2.45) is 0 Å². The summed E-state index contributed by atoms with van der Waals surface area (Å²) >= 11 is 6.13. The number of halogens is 1. The average Bonchev–Trinajstić information content (AvgIpc) is 3.02. The maximum atomic E-state index is 12.6. The van der Waals surface area contributed by atoms with E-state index < -0.39 is 0 Å². The van der Waals surface area contributed by atoms with Gasteiger partial charge >= 0.3 is 5.69 Å². The van der Waals surface area contributed by atoms with E-state index in [0.717, 1.165) is 57.1 Å². The maximum Gasteiger partial charge on any atom is 0.326 e. The highest BCUT2D eigenvalue weighted by molar-refractivity contribution is 6.34. The Morgan fingerprint density at radius 1 is 1.25 bits per heavy atom. The lowest BCUT2D eigenvalue weighted by atomic mass is 9.79. The van der Waals surface area contributed by atoms with E-state index in [1.165, 1.54) is 0 Å². The second-order valence-corrected chi connectivity index (χ2v) is 8.79. The number of fused-ring (bicyclic) bond motifs is 1. The van der Waals surface area contributed by atoms with Crippen LogP contribution in [0.25, 0.3) is 15.9 Å². The third-order valence-electron chi connectivity index (χ3n) is 6.84. The number of hydrogen-bond donors (Lipinski definition) is 1. The van der Waals surface area contributed by atoms with E-state index in [1.807, 2.05) is 11.7 Å². The molecule has 1 aromatic heterocycles. The van der Waals surface area contributed by atoms with Crippen LogP contribution in [0.2, 0.25) is 5.02 Å². The maximum absolute atomic E-state index is 12.6. The Bertz CT molecular complexity index is 957. The summed E-state index contributed by atoms with van der Waals surface area (Å²) in [6, 6.07) is 3.57. The van der Waals surface area contributed by atoms with Crippen LogP contribution in [-0.4, -0.2) is 46.3 Å². The second kappa shape index (κ2) is 7.55. The molecule has 0 atom stereocenters. The Morgan fingerprint density at radius 2 is 1.93 bits per heavy atom. The lowest BCUT2D eigenvalue weighted by Crippen LogP contribution is -2.52. The Labute approximate surface area is 170 Å². The number of H-pyrrole nitrogens is 1. The molecule has 2 aliphatic rings. The molecule has 1 N–H and O–H groups in total. The molecule has 2 aromatic rings. The number of imidazole rings is 1. The van der Waals surface area contributed by atoms with Crippen molar-refractivity contribution < 1.29 is 4.74 Å². The Balaban J connectivity index is 1.52. The number of benzene rings is 1. The van der Waals surface area contributed by atoms with Gasteiger partial charge in [0, 0.05) is 36.8 Å². The predicted molar refractivity (Wildman–Crippen MR) is 111 cm³/mol. The molecular formula is C21H27ClN4O2. The van der Waals surface area contributed by atoms with Gasteiger partial charge in [-0.25, -0.2) is 9.64 Å². The number of rotatable bonds is 3. The minimum absolute atomic E-state index is 0.113. The highest BCUT2D eigenvalue weighted by Gasteiger charge is 2.38. The van der Waals surface area contributed by atoms with Crippen LogP contribution in [0, 0.1) is 6.57 Å². The number of ether oxygens (including phenoxy) is 1. The first kappa shape index (κ1) is 19.5.